The first-order valence-corrected chi connectivity index (χ1v) is 10.4. The second-order valence-corrected chi connectivity index (χ2v) is 7.86. The fourth-order valence-electron chi connectivity index (χ4n) is 3.79. The highest BCUT2D eigenvalue weighted by Gasteiger charge is 2.45. The minimum Gasteiger partial charge on any atom is -1.00 e. The van der Waals surface area contributed by atoms with Crippen molar-refractivity contribution in [3.8, 4) is 45.8 Å². The lowest BCUT2D eigenvalue weighted by Crippen LogP contribution is -3.00. The fourth-order valence-corrected chi connectivity index (χ4v) is 3.79. The van der Waals surface area contributed by atoms with Gasteiger partial charge in [-0.1, -0.05) is 0 Å². The van der Waals surface area contributed by atoms with Crippen LogP contribution in [0.5, 0.6) is 34.5 Å². The number of phenols is 3. The average Bonchev–Trinajstić information content (AvgIpc) is 2.84. The first-order chi connectivity index (χ1) is 16.7. The molecule has 0 spiro atoms. The molecule has 2 heterocycles. The Kier molecular flexibility index (Phi) is 8.19. The van der Waals surface area contributed by atoms with Crippen LogP contribution in [0.15, 0.2) is 34.7 Å². The van der Waals surface area contributed by atoms with Gasteiger partial charge in [0, 0.05) is 24.3 Å². The molecule has 1 unspecified atom stereocenters. The van der Waals surface area contributed by atoms with Crippen molar-refractivity contribution in [3.63, 3.8) is 0 Å². The van der Waals surface area contributed by atoms with E-state index in [1.165, 1.54) is 38.5 Å². The normalized spacial score (nSPS) is 23.7. The van der Waals surface area contributed by atoms with Crippen LogP contribution in [0.4, 0.5) is 0 Å². The summed E-state index contributed by atoms with van der Waals surface area (Å²) in [5, 5.41) is 70.7. The van der Waals surface area contributed by atoms with Gasteiger partial charge in [-0.15, -0.1) is 0 Å². The molecular weight excluding hydrogens is 504 g/mol. The number of halogens is 1. The third kappa shape index (κ3) is 4.87. The van der Waals surface area contributed by atoms with Crippen LogP contribution in [0.1, 0.15) is 0 Å². The number of aromatic hydroxyl groups is 3. The van der Waals surface area contributed by atoms with Crippen molar-refractivity contribution in [1.29, 1.82) is 0 Å². The zero-order chi connectivity index (χ0) is 25.4. The van der Waals surface area contributed by atoms with Crippen LogP contribution in [-0.2, 0) is 4.74 Å². The first kappa shape index (κ1) is 27.3. The molecule has 0 bridgehead atoms. The monoisotopic (exact) mass is 528 g/mol. The number of hydrogen-bond acceptors (Lipinski definition) is 11. The maximum Gasteiger partial charge on any atom is 0.402 e. The molecule has 0 aliphatic carbocycles. The predicted molar refractivity (Wildman–Crippen MR) is 119 cm³/mol. The summed E-state index contributed by atoms with van der Waals surface area (Å²) in [6.07, 6.45) is -7.77. The van der Waals surface area contributed by atoms with Gasteiger partial charge in [-0.3, -0.25) is 0 Å². The second-order valence-electron chi connectivity index (χ2n) is 7.86. The van der Waals surface area contributed by atoms with Crippen LogP contribution < -0.4 is 26.6 Å². The molecule has 1 aromatic heterocycles. The first-order valence-electron chi connectivity index (χ1n) is 10.4. The number of methoxy groups -OCH3 is 2. The minimum atomic E-state index is -1.71. The molecule has 4 rings (SSSR count). The number of aliphatic hydroxyl groups is 4. The van der Waals surface area contributed by atoms with Crippen LogP contribution in [0, 0.1) is 0 Å². The number of phenolic OH excluding ortho intramolecular Hbond substituents is 3. The Hall–Kier alpha value is -3.26. The molecule has 1 saturated heterocycles. The highest BCUT2D eigenvalue weighted by atomic mass is 35.5. The summed E-state index contributed by atoms with van der Waals surface area (Å²) in [6.45, 7) is -0.661. The number of fused-ring (bicyclic) bond motifs is 1. The average molecular weight is 529 g/mol. The van der Waals surface area contributed by atoms with Crippen molar-refractivity contribution < 1.29 is 71.5 Å². The van der Waals surface area contributed by atoms with Gasteiger partial charge < -0.3 is 67.1 Å². The van der Waals surface area contributed by atoms with E-state index in [1.807, 2.05) is 0 Å². The molecule has 196 valence electrons. The Morgan fingerprint density at radius 1 is 0.861 bits per heavy atom. The standard InChI is InChI=1S/C23H24O12.ClH/c1-31-14-3-9(4-15(32-2)18(14)27)22-16(7-11-12(26)5-10(25)6-13(11)33-22)34-23-21(30)20(29)19(28)17(8-24)35-23;/h3-7,17,19-21,23-24,28-30H,8H2,1-2H3,(H2-,25,26,27);1H/t17-,19+,20+,21-,23?;/m1./s1. The third-order valence-electron chi connectivity index (χ3n) is 5.65. The molecule has 3 aromatic rings. The van der Waals surface area contributed by atoms with Crippen LogP contribution in [0.3, 0.4) is 0 Å². The summed E-state index contributed by atoms with van der Waals surface area (Å²) in [6, 6.07) is 6.50. The lowest BCUT2D eigenvalue weighted by Gasteiger charge is -2.39. The highest BCUT2D eigenvalue weighted by Crippen LogP contribution is 2.45. The molecule has 13 heteroatoms. The Balaban J connectivity index is 0.00000361. The molecule has 12 nitrogen and oxygen atoms in total. The summed E-state index contributed by atoms with van der Waals surface area (Å²) in [5.41, 5.74) is 0.325. The van der Waals surface area contributed by atoms with E-state index in [9.17, 15) is 35.7 Å². The molecular formula is C23H25ClO12. The van der Waals surface area contributed by atoms with Crippen molar-refractivity contribution in [1.82, 2.24) is 0 Å². The number of ether oxygens (including phenoxy) is 4. The van der Waals surface area contributed by atoms with E-state index < -0.39 is 37.3 Å². The van der Waals surface area contributed by atoms with Crippen LogP contribution >= 0.6 is 0 Å². The minimum absolute atomic E-state index is 0. The van der Waals surface area contributed by atoms with Gasteiger partial charge >= 0.3 is 11.3 Å². The molecule has 1 fully saturated rings. The number of aliphatic hydroxyl groups excluding tert-OH is 4. The largest absolute Gasteiger partial charge is 1.00 e. The van der Waals surface area contributed by atoms with E-state index in [4.69, 9.17) is 23.4 Å². The van der Waals surface area contributed by atoms with Crippen LogP contribution in [0.2, 0.25) is 0 Å². The lowest BCUT2D eigenvalue weighted by atomic mass is 9.99. The van der Waals surface area contributed by atoms with Gasteiger partial charge in [-0.05, 0) is 0 Å². The number of benzene rings is 2. The smallest absolute Gasteiger partial charge is 0.402 e. The van der Waals surface area contributed by atoms with Gasteiger partial charge in [-0.25, -0.2) is 4.42 Å². The van der Waals surface area contributed by atoms with E-state index >= 15 is 0 Å². The zero-order valence-corrected chi connectivity index (χ0v) is 19.8. The van der Waals surface area contributed by atoms with E-state index in [-0.39, 0.29) is 69.2 Å². The van der Waals surface area contributed by atoms with Gasteiger partial charge in [0.15, 0.2) is 11.5 Å². The van der Waals surface area contributed by atoms with Crippen molar-refractivity contribution in [2.75, 3.05) is 20.8 Å². The molecule has 1 aliphatic rings. The summed E-state index contributed by atoms with van der Waals surface area (Å²) >= 11 is 0. The molecule has 1 aliphatic heterocycles. The van der Waals surface area contributed by atoms with Crippen molar-refractivity contribution in [2.45, 2.75) is 30.7 Å². The Bertz CT molecular complexity index is 1210. The van der Waals surface area contributed by atoms with E-state index in [0.717, 1.165) is 6.07 Å². The Labute approximate surface area is 210 Å². The topological polar surface area (TPSA) is 190 Å². The molecule has 2 aromatic carbocycles. The Morgan fingerprint density at radius 3 is 2.08 bits per heavy atom. The molecule has 36 heavy (non-hydrogen) atoms. The second kappa shape index (κ2) is 10.8. The van der Waals surface area contributed by atoms with Crippen molar-refractivity contribution in [3.05, 3.63) is 30.3 Å². The predicted octanol–water partition coefficient (Wildman–Crippen LogP) is -2.30. The number of hydrogen-bond donors (Lipinski definition) is 7. The zero-order valence-electron chi connectivity index (χ0n) is 19.0. The quantitative estimate of drug-likeness (QED) is 0.170. The van der Waals surface area contributed by atoms with Crippen LogP contribution in [0.25, 0.3) is 22.3 Å². The summed E-state index contributed by atoms with van der Waals surface area (Å²) < 4.78 is 27.5. The summed E-state index contributed by atoms with van der Waals surface area (Å²) in [4.78, 5) is 0. The van der Waals surface area contributed by atoms with Gasteiger partial charge in [0.05, 0.1) is 32.5 Å². The van der Waals surface area contributed by atoms with Gasteiger partial charge in [0.1, 0.15) is 41.3 Å². The molecule has 0 saturated carbocycles. The molecule has 7 N–H and O–H groups in total. The highest BCUT2D eigenvalue weighted by molar-refractivity contribution is 5.88. The summed E-state index contributed by atoms with van der Waals surface area (Å²) in [7, 11) is 2.66. The van der Waals surface area contributed by atoms with E-state index in [0.29, 0.717) is 0 Å². The molecule has 0 amide bonds. The van der Waals surface area contributed by atoms with Gasteiger partial charge in [0.2, 0.25) is 17.8 Å². The van der Waals surface area contributed by atoms with Crippen LogP contribution in [-0.4, -0.2) is 87.3 Å². The van der Waals surface area contributed by atoms with Crippen molar-refractivity contribution in [2.24, 2.45) is 0 Å². The number of rotatable bonds is 6. The maximum atomic E-state index is 10.4. The third-order valence-corrected chi connectivity index (χ3v) is 5.65. The fraction of sp³-hybridized carbons (Fsp3) is 0.348. The maximum absolute atomic E-state index is 10.4. The van der Waals surface area contributed by atoms with E-state index in [1.54, 1.807) is 0 Å². The summed E-state index contributed by atoms with van der Waals surface area (Å²) in [5.74, 6) is -0.928. The lowest BCUT2D eigenvalue weighted by molar-refractivity contribution is -0.277. The van der Waals surface area contributed by atoms with Gasteiger partial charge in [-0.2, -0.15) is 0 Å². The SMILES string of the molecule is COc1cc(-c2[o+]c3cc(O)cc(O)c3cc2OC2O[C@H](CO)[C@H](O)[C@H](O)[C@H]2O)cc(OC)c1O.[Cl-]. The Morgan fingerprint density at radius 2 is 1.50 bits per heavy atom. The molecule has 0 radical (unpaired) electrons. The van der Waals surface area contributed by atoms with Crippen molar-refractivity contribution >= 4 is 11.0 Å². The van der Waals surface area contributed by atoms with E-state index in [2.05, 4.69) is 0 Å². The van der Waals surface area contributed by atoms with Gasteiger partial charge in [0.25, 0.3) is 0 Å². The molecule has 5 atom stereocenters.